The summed E-state index contributed by atoms with van der Waals surface area (Å²) in [5.41, 5.74) is 1.37. The van der Waals surface area contributed by atoms with Crippen LogP contribution in [0.3, 0.4) is 0 Å². The van der Waals surface area contributed by atoms with Crippen molar-refractivity contribution in [2.75, 3.05) is 30.9 Å². The van der Waals surface area contributed by atoms with E-state index in [1.54, 1.807) is 14.2 Å². The number of methoxy groups -OCH3 is 1. The third-order valence-electron chi connectivity index (χ3n) is 3.54. The van der Waals surface area contributed by atoms with Crippen LogP contribution in [0, 0.1) is 0 Å². The molecular formula is C13H17N5OS. The van der Waals surface area contributed by atoms with Crippen LogP contribution in [0.4, 0.5) is 11.9 Å². The van der Waals surface area contributed by atoms with Gasteiger partial charge in [-0.1, -0.05) is 0 Å². The van der Waals surface area contributed by atoms with Crippen LogP contribution in [0.5, 0.6) is 6.01 Å². The number of anilines is 2. The van der Waals surface area contributed by atoms with Gasteiger partial charge in [0.2, 0.25) is 11.9 Å². The van der Waals surface area contributed by atoms with E-state index >= 15 is 0 Å². The molecule has 1 N–H and O–H groups in total. The summed E-state index contributed by atoms with van der Waals surface area (Å²) in [6, 6.07) is 2.79. The molecule has 20 heavy (non-hydrogen) atoms. The Morgan fingerprint density at radius 3 is 3.00 bits per heavy atom. The number of aromatic nitrogens is 3. The number of nitrogens with zero attached hydrogens (tertiary/aromatic N) is 4. The quantitative estimate of drug-likeness (QED) is 0.934. The van der Waals surface area contributed by atoms with E-state index in [0.29, 0.717) is 17.9 Å². The summed E-state index contributed by atoms with van der Waals surface area (Å²) in [5.74, 6) is 1.18. The van der Waals surface area contributed by atoms with Crippen LogP contribution in [-0.4, -0.2) is 35.7 Å². The minimum absolute atomic E-state index is 0.266. The number of fused-ring (bicyclic) bond motifs is 1. The minimum Gasteiger partial charge on any atom is -0.467 e. The highest BCUT2D eigenvalue weighted by Gasteiger charge is 2.27. The average Bonchev–Trinajstić information content (AvgIpc) is 2.96. The number of thiophene rings is 1. The van der Waals surface area contributed by atoms with Crippen molar-refractivity contribution >= 4 is 23.2 Å². The van der Waals surface area contributed by atoms with Crippen LogP contribution >= 0.6 is 11.3 Å². The molecule has 2 aromatic rings. The number of ether oxygens (including phenoxy) is 1. The number of hydrogen-bond acceptors (Lipinski definition) is 7. The molecule has 7 heteroatoms. The lowest BCUT2D eigenvalue weighted by molar-refractivity contribution is 0.378. The Kier molecular flexibility index (Phi) is 3.43. The second-order valence-corrected chi connectivity index (χ2v) is 5.61. The molecule has 1 aliphatic heterocycles. The van der Waals surface area contributed by atoms with Crippen molar-refractivity contribution in [1.29, 1.82) is 0 Å². The molecule has 0 aliphatic carbocycles. The molecule has 2 aromatic heterocycles. The maximum Gasteiger partial charge on any atom is 0.322 e. The molecule has 0 bridgehead atoms. The monoisotopic (exact) mass is 291 g/mol. The Morgan fingerprint density at radius 2 is 2.25 bits per heavy atom. The van der Waals surface area contributed by atoms with Gasteiger partial charge in [-0.3, -0.25) is 0 Å². The number of rotatable bonds is 3. The van der Waals surface area contributed by atoms with Crippen LogP contribution in [0.25, 0.3) is 0 Å². The van der Waals surface area contributed by atoms with Gasteiger partial charge in [0.15, 0.2) is 0 Å². The van der Waals surface area contributed by atoms with E-state index < -0.39 is 0 Å². The smallest absolute Gasteiger partial charge is 0.322 e. The SMILES string of the molecule is CNc1nc(OC)nc(N2CCc3sccc3C2C)n1. The van der Waals surface area contributed by atoms with Gasteiger partial charge < -0.3 is 15.0 Å². The van der Waals surface area contributed by atoms with Gasteiger partial charge in [-0.05, 0) is 30.4 Å². The zero-order valence-corrected chi connectivity index (χ0v) is 12.6. The van der Waals surface area contributed by atoms with Crippen molar-refractivity contribution in [3.8, 4) is 6.01 Å². The van der Waals surface area contributed by atoms with Crippen molar-refractivity contribution in [2.45, 2.75) is 19.4 Å². The van der Waals surface area contributed by atoms with E-state index in [4.69, 9.17) is 4.74 Å². The molecular weight excluding hydrogens is 274 g/mol. The predicted octanol–water partition coefficient (Wildman–Crippen LogP) is 2.11. The van der Waals surface area contributed by atoms with Crippen LogP contribution in [-0.2, 0) is 6.42 Å². The zero-order chi connectivity index (χ0) is 14.1. The van der Waals surface area contributed by atoms with Gasteiger partial charge >= 0.3 is 6.01 Å². The highest BCUT2D eigenvalue weighted by Crippen LogP contribution is 2.35. The second kappa shape index (κ2) is 5.24. The van der Waals surface area contributed by atoms with Crippen LogP contribution < -0.4 is 15.0 Å². The van der Waals surface area contributed by atoms with E-state index in [-0.39, 0.29) is 6.04 Å². The normalized spacial score (nSPS) is 17.8. The summed E-state index contributed by atoms with van der Waals surface area (Å²) < 4.78 is 5.15. The second-order valence-electron chi connectivity index (χ2n) is 4.61. The first-order valence-corrected chi connectivity index (χ1v) is 7.41. The molecule has 0 saturated carbocycles. The van der Waals surface area contributed by atoms with Crippen molar-refractivity contribution < 1.29 is 4.74 Å². The lowest BCUT2D eigenvalue weighted by Crippen LogP contribution is -2.34. The van der Waals surface area contributed by atoms with Crippen LogP contribution in [0.2, 0.25) is 0 Å². The first-order chi connectivity index (χ1) is 9.72. The molecule has 0 spiro atoms. The Morgan fingerprint density at radius 1 is 1.40 bits per heavy atom. The fourth-order valence-corrected chi connectivity index (χ4v) is 3.42. The van der Waals surface area contributed by atoms with Gasteiger partial charge in [0.25, 0.3) is 0 Å². The molecule has 6 nitrogen and oxygen atoms in total. The number of hydrogen-bond donors (Lipinski definition) is 1. The Labute approximate surface area is 121 Å². The largest absolute Gasteiger partial charge is 0.467 e. The first kappa shape index (κ1) is 13.1. The lowest BCUT2D eigenvalue weighted by atomic mass is 10.0. The molecule has 106 valence electrons. The molecule has 0 fully saturated rings. The summed E-state index contributed by atoms with van der Waals surface area (Å²) in [6.07, 6.45) is 1.03. The Balaban J connectivity index is 1.97. The highest BCUT2D eigenvalue weighted by molar-refractivity contribution is 7.10. The van der Waals surface area contributed by atoms with E-state index in [2.05, 4.69) is 43.5 Å². The van der Waals surface area contributed by atoms with Crippen LogP contribution in [0.15, 0.2) is 11.4 Å². The summed E-state index contributed by atoms with van der Waals surface area (Å²) in [5, 5.41) is 5.09. The third-order valence-corrected chi connectivity index (χ3v) is 4.54. The average molecular weight is 291 g/mol. The van der Waals surface area contributed by atoms with Gasteiger partial charge in [-0.25, -0.2) is 0 Å². The number of nitrogens with one attached hydrogen (secondary N) is 1. The molecule has 0 saturated heterocycles. The van der Waals surface area contributed by atoms with Gasteiger partial charge in [-0.15, -0.1) is 11.3 Å². The summed E-state index contributed by atoms with van der Waals surface area (Å²) in [4.78, 5) is 16.6. The minimum atomic E-state index is 0.266. The Bertz CT molecular complexity index is 592. The van der Waals surface area contributed by atoms with Crippen molar-refractivity contribution in [3.63, 3.8) is 0 Å². The van der Waals surface area contributed by atoms with Crippen molar-refractivity contribution in [3.05, 3.63) is 21.9 Å². The van der Waals surface area contributed by atoms with E-state index in [0.717, 1.165) is 13.0 Å². The molecule has 1 unspecified atom stereocenters. The fraction of sp³-hybridized carbons (Fsp3) is 0.462. The topological polar surface area (TPSA) is 63.2 Å². The van der Waals surface area contributed by atoms with Crippen molar-refractivity contribution in [2.24, 2.45) is 0 Å². The first-order valence-electron chi connectivity index (χ1n) is 6.53. The van der Waals surface area contributed by atoms with Crippen LogP contribution in [0.1, 0.15) is 23.4 Å². The summed E-state index contributed by atoms with van der Waals surface area (Å²) in [6.45, 7) is 3.09. The summed E-state index contributed by atoms with van der Waals surface area (Å²) >= 11 is 1.82. The predicted molar refractivity (Wildman–Crippen MR) is 79.7 cm³/mol. The molecule has 0 amide bonds. The van der Waals surface area contributed by atoms with E-state index in [1.807, 2.05) is 11.3 Å². The third kappa shape index (κ3) is 2.18. The molecule has 1 atom stereocenters. The fourth-order valence-electron chi connectivity index (χ4n) is 2.46. The molecule has 0 aromatic carbocycles. The van der Waals surface area contributed by atoms with Gasteiger partial charge in [0.05, 0.1) is 13.2 Å². The zero-order valence-electron chi connectivity index (χ0n) is 11.8. The van der Waals surface area contributed by atoms with E-state index in [1.165, 1.54) is 10.4 Å². The van der Waals surface area contributed by atoms with Gasteiger partial charge in [0.1, 0.15) is 0 Å². The summed E-state index contributed by atoms with van der Waals surface area (Å²) in [7, 11) is 3.35. The standard InChI is InChI=1S/C13H17N5OS/c1-8-9-5-7-20-10(9)4-6-18(8)12-15-11(14-2)16-13(17-12)19-3/h5,7-8H,4,6H2,1-3H3,(H,14,15,16,17). The van der Waals surface area contributed by atoms with E-state index in [9.17, 15) is 0 Å². The maximum absolute atomic E-state index is 5.15. The Hall–Kier alpha value is -1.89. The van der Waals surface area contributed by atoms with Crippen molar-refractivity contribution in [1.82, 2.24) is 15.0 Å². The molecule has 3 rings (SSSR count). The van der Waals surface area contributed by atoms with Gasteiger partial charge in [0, 0.05) is 18.5 Å². The maximum atomic E-state index is 5.15. The highest BCUT2D eigenvalue weighted by atomic mass is 32.1. The molecule has 1 aliphatic rings. The van der Waals surface area contributed by atoms with Gasteiger partial charge in [-0.2, -0.15) is 15.0 Å². The lowest BCUT2D eigenvalue weighted by Gasteiger charge is -2.33. The molecule has 3 heterocycles. The molecule has 0 radical (unpaired) electrons.